The number of carbonyl (C=O) groups is 4. The topological polar surface area (TPSA) is 234 Å². The maximum absolute atomic E-state index is 13.0. The lowest BCUT2D eigenvalue weighted by Gasteiger charge is -2.24. The number of esters is 1. The second-order valence-corrected chi connectivity index (χ2v) is 16.0. The molecule has 0 heterocycles. The van der Waals surface area contributed by atoms with Crippen molar-refractivity contribution < 1.29 is 90.2 Å². The van der Waals surface area contributed by atoms with Crippen LogP contribution in [0.5, 0.6) is 0 Å². The average molecular weight is 960 g/mol. The molecule has 0 aliphatic carbocycles. The summed E-state index contributed by atoms with van der Waals surface area (Å²) in [5, 5.41) is 5.28. The van der Waals surface area contributed by atoms with Crippen LogP contribution in [0.25, 0.3) is 0 Å². The minimum absolute atomic E-state index is 0.00576. The molecule has 0 saturated heterocycles. The van der Waals surface area contributed by atoms with Crippen LogP contribution in [0.15, 0.2) is 0 Å². The van der Waals surface area contributed by atoms with Crippen LogP contribution in [0.2, 0.25) is 0 Å². The highest BCUT2D eigenvalue weighted by atomic mass is 16.6. The summed E-state index contributed by atoms with van der Waals surface area (Å²) in [7, 11) is 1.64. The molecule has 0 radical (unpaired) electrons. The molecule has 0 saturated carbocycles. The predicted octanol–water partition coefficient (Wildman–Crippen LogP) is 1.42. The number of alkyl carbamates (subject to hydrolysis) is 1. The summed E-state index contributed by atoms with van der Waals surface area (Å²) >= 11 is 0. The number of methoxy groups -OCH3 is 1. The van der Waals surface area contributed by atoms with Gasteiger partial charge in [0.15, 0.2) is 0 Å². The van der Waals surface area contributed by atoms with Gasteiger partial charge in [-0.05, 0) is 41.5 Å². The molecule has 0 rings (SSSR count). The van der Waals surface area contributed by atoms with Gasteiger partial charge in [0.2, 0.25) is 11.8 Å². The quantitative estimate of drug-likeness (QED) is 0.0649. The van der Waals surface area contributed by atoms with Crippen LogP contribution in [0.3, 0.4) is 0 Å². The Kier molecular flexibility index (Phi) is 42.7. The van der Waals surface area contributed by atoms with Gasteiger partial charge in [-0.2, -0.15) is 0 Å². The van der Waals surface area contributed by atoms with Gasteiger partial charge in [-0.1, -0.05) is 0 Å². The predicted molar refractivity (Wildman–Crippen MR) is 241 cm³/mol. The Morgan fingerprint density at radius 1 is 0.394 bits per heavy atom. The Balaban J connectivity index is 3.77. The molecule has 66 heavy (non-hydrogen) atoms. The lowest BCUT2D eigenvalue weighted by molar-refractivity contribution is -0.155. The van der Waals surface area contributed by atoms with Crippen LogP contribution in [-0.2, 0) is 85.4 Å². The van der Waals surface area contributed by atoms with Crippen LogP contribution < -0.4 is 10.6 Å². The number of nitrogens with zero attached hydrogens (tertiary/aromatic N) is 1. The first-order valence-corrected chi connectivity index (χ1v) is 22.9. The molecule has 22 heteroatoms. The van der Waals surface area contributed by atoms with Crippen molar-refractivity contribution in [2.24, 2.45) is 0 Å². The summed E-state index contributed by atoms with van der Waals surface area (Å²) in [6.07, 6.45) is -0.605. The molecule has 22 nitrogen and oxygen atoms in total. The van der Waals surface area contributed by atoms with Crippen molar-refractivity contribution in [2.75, 3.05) is 198 Å². The van der Waals surface area contributed by atoms with E-state index in [4.69, 9.17) is 71.1 Å². The van der Waals surface area contributed by atoms with E-state index in [0.717, 1.165) is 0 Å². The maximum atomic E-state index is 13.0. The van der Waals surface area contributed by atoms with Crippen molar-refractivity contribution in [1.29, 1.82) is 0 Å². The highest BCUT2D eigenvalue weighted by molar-refractivity contribution is 5.85. The largest absolute Gasteiger partial charge is 0.460 e. The van der Waals surface area contributed by atoms with E-state index in [1.807, 2.05) is 0 Å². The molecule has 0 bridgehead atoms. The summed E-state index contributed by atoms with van der Waals surface area (Å²) in [6, 6.07) is 0. The van der Waals surface area contributed by atoms with Gasteiger partial charge in [-0.15, -0.1) is 0 Å². The Morgan fingerprint density at radius 3 is 1.06 bits per heavy atom. The minimum atomic E-state index is -0.678. The van der Waals surface area contributed by atoms with E-state index in [9.17, 15) is 19.2 Å². The number of carbonyl (C=O) groups excluding carboxylic acids is 4. The van der Waals surface area contributed by atoms with Gasteiger partial charge in [0.1, 0.15) is 11.2 Å². The van der Waals surface area contributed by atoms with Crippen LogP contribution in [0, 0.1) is 0 Å². The first-order chi connectivity index (χ1) is 31.7. The molecule has 0 unspecified atom stereocenters. The highest BCUT2D eigenvalue weighted by Gasteiger charge is 2.21. The summed E-state index contributed by atoms with van der Waals surface area (Å²) in [4.78, 5) is 50.9. The Bertz CT molecular complexity index is 1160. The smallest absolute Gasteiger partial charge is 0.407 e. The van der Waals surface area contributed by atoms with Crippen molar-refractivity contribution in [3.8, 4) is 0 Å². The van der Waals surface area contributed by atoms with Crippen molar-refractivity contribution in [3.05, 3.63) is 0 Å². The second-order valence-electron chi connectivity index (χ2n) is 16.0. The minimum Gasteiger partial charge on any atom is -0.460 e. The number of amides is 3. The average Bonchev–Trinajstić information content (AvgIpc) is 3.24. The van der Waals surface area contributed by atoms with E-state index in [2.05, 4.69) is 10.6 Å². The first-order valence-electron chi connectivity index (χ1n) is 22.9. The van der Waals surface area contributed by atoms with E-state index in [1.54, 1.807) is 48.7 Å². The molecule has 0 aliphatic rings. The monoisotopic (exact) mass is 960 g/mol. The number of hydrogen-bond acceptors (Lipinski definition) is 19. The van der Waals surface area contributed by atoms with Crippen molar-refractivity contribution in [2.45, 2.75) is 65.6 Å². The summed E-state index contributed by atoms with van der Waals surface area (Å²) < 4.78 is 81.0. The van der Waals surface area contributed by atoms with E-state index in [1.165, 1.54) is 4.90 Å². The highest BCUT2D eigenvalue weighted by Crippen LogP contribution is 2.09. The molecule has 0 aromatic carbocycles. The van der Waals surface area contributed by atoms with Gasteiger partial charge in [0, 0.05) is 26.7 Å². The molecule has 0 aromatic rings. The third kappa shape index (κ3) is 49.1. The number of rotatable bonds is 47. The molecule has 0 fully saturated rings. The van der Waals surface area contributed by atoms with Crippen LogP contribution in [0.4, 0.5) is 4.79 Å². The van der Waals surface area contributed by atoms with Gasteiger partial charge in [-0.3, -0.25) is 14.4 Å². The summed E-state index contributed by atoms with van der Waals surface area (Å²) in [5.74, 6) is -1.24. The molecule has 0 atom stereocenters. The number of nitrogens with one attached hydrogen (secondary N) is 2. The van der Waals surface area contributed by atoms with E-state index in [-0.39, 0.29) is 71.4 Å². The second kappa shape index (κ2) is 44.7. The fourth-order valence-electron chi connectivity index (χ4n) is 4.81. The normalized spacial score (nSPS) is 11.7. The number of hydrogen-bond donors (Lipinski definition) is 2. The zero-order valence-corrected chi connectivity index (χ0v) is 41.1. The summed E-state index contributed by atoms with van der Waals surface area (Å²) in [5.41, 5.74) is -1.28. The third-order valence-corrected chi connectivity index (χ3v) is 7.79. The molecule has 390 valence electrons. The Hall–Kier alpha value is -2.84. The number of ether oxygens (including phenoxy) is 15. The zero-order valence-electron chi connectivity index (χ0n) is 41.1. The Morgan fingerprint density at radius 2 is 0.712 bits per heavy atom. The molecule has 2 N–H and O–H groups in total. The summed E-state index contributed by atoms with van der Waals surface area (Å²) in [6.45, 7) is 21.4. The van der Waals surface area contributed by atoms with Crippen LogP contribution in [-0.4, -0.2) is 238 Å². The molecule has 0 spiro atoms. The van der Waals surface area contributed by atoms with Gasteiger partial charge in [0.25, 0.3) is 0 Å². The third-order valence-electron chi connectivity index (χ3n) is 7.79. The SMILES string of the molecule is COCCOCCOCCOCCOCCOCCOCCOCCOCCOCCOCCOCCC(=O)N(CCC(=O)OC(C)(C)C)CC(=O)NCCOCCNC(=O)OC(C)(C)C. The van der Waals surface area contributed by atoms with Crippen LogP contribution in [0.1, 0.15) is 54.4 Å². The molecule has 3 amide bonds. The van der Waals surface area contributed by atoms with Crippen molar-refractivity contribution >= 4 is 23.9 Å². The van der Waals surface area contributed by atoms with E-state index in [0.29, 0.717) is 139 Å². The lowest BCUT2D eigenvalue weighted by Crippen LogP contribution is -2.43. The van der Waals surface area contributed by atoms with Crippen LogP contribution >= 0.6 is 0 Å². The van der Waals surface area contributed by atoms with Crippen molar-refractivity contribution in [1.82, 2.24) is 15.5 Å². The maximum Gasteiger partial charge on any atom is 0.407 e. The van der Waals surface area contributed by atoms with Gasteiger partial charge >= 0.3 is 12.1 Å². The van der Waals surface area contributed by atoms with E-state index < -0.39 is 29.2 Å². The van der Waals surface area contributed by atoms with Gasteiger partial charge in [0.05, 0.1) is 185 Å². The fourth-order valence-corrected chi connectivity index (χ4v) is 4.81. The van der Waals surface area contributed by atoms with E-state index >= 15 is 0 Å². The molecule has 0 aromatic heterocycles. The molecular weight excluding hydrogens is 874 g/mol. The van der Waals surface area contributed by atoms with Gasteiger partial charge < -0.3 is 86.6 Å². The van der Waals surface area contributed by atoms with Crippen molar-refractivity contribution in [3.63, 3.8) is 0 Å². The first kappa shape index (κ1) is 63.2. The standard InChI is InChI=1S/C44H85N3O19/c1-43(2,3)65-41(50)8-12-47(38-39(48)45-10-14-54-15-11-46-42(51)66-44(4,5)6)40(49)9-13-53-18-19-56-22-23-58-26-27-60-30-31-62-34-35-64-37-36-63-33-32-61-29-28-59-25-24-57-21-20-55-17-16-52-7/h8-38H2,1-7H3,(H,45,48)(H,46,51). The lowest BCUT2D eigenvalue weighted by atomic mass is 10.2. The fraction of sp³-hybridized carbons (Fsp3) is 0.909. The Labute approximate surface area is 393 Å². The van der Waals surface area contributed by atoms with Gasteiger partial charge in [-0.25, -0.2) is 4.79 Å². The molecular formula is C44H85N3O19. The molecule has 0 aliphatic heterocycles. The zero-order chi connectivity index (χ0) is 48.8.